The molecular formula is C13H16O3S. The fourth-order valence-corrected chi connectivity index (χ4v) is 2.13. The molecule has 1 aromatic carbocycles. The van der Waals surface area contributed by atoms with E-state index in [1.165, 1.54) is 18.9 Å². The number of hydrogen-bond acceptors (Lipinski definition) is 4. The van der Waals surface area contributed by atoms with E-state index in [1.807, 2.05) is 32.0 Å². The molecule has 0 amide bonds. The van der Waals surface area contributed by atoms with Gasteiger partial charge in [-0.2, -0.15) is 0 Å². The van der Waals surface area contributed by atoms with Gasteiger partial charge in [-0.15, -0.1) is 11.8 Å². The fourth-order valence-electron chi connectivity index (χ4n) is 1.40. The number of rotatable bonds is 5. The van der Waals surface area contributed by atoms with Crippen molar-refractivity contribution >= 4 is 23.5 Å². The van der Waals surface area contributed by atoms with Crippen LogP contribution < -0.4 is 0 Å². The van der Waals surface area contributed by atoms with Crippen LogP contribution in [-0.2, 0) is 9.53 Å². The molecule has 0 aromatic heterocycles. The van der Waals surface area contributed by atoms with E-state index in [1.54, 1.807) is 0 Å². The molecule has 92 valence electrons. The number of aryl methyl sites for hydroxylation is 2. The van der Waals surface area contributed by atoms with Gasteiger partial charge in [0.05, 0.1) is 18.6 Å². The van der Waals surface area contributed by atoms with Crippen molar-refractivity contribution in [2.24, 2.45) is 0 Å². The summed E-state index contributed by atoms with van der Waals surface area (Å²) in [5, 5.41) is 0. The van der Waals surface area contributed by atoms with E-state index in [2.05, 4.69) is 4.74 Å². The average Bonchev–Trinajstić information content (AvgIpc) is 2.31. The van der Waals surface area contributed by atoms with Crippen molar-refractivity contribution in [2.75, 3.05) is 18.6 Å². The molecule has 3 nitrogen and oxygen atoms in total. The van der Waals surface area contributed by atoms with Crippen LogP contribution >= 0.6 is 11.8 Å². The number of carbonyl (C=O) groups is 2. The lowest BCUT2D eigenvalue weighted by Gasteiger charge is -2.05. The summed E-state index contributed by atoms with van der Waals surface area (Å²) < 4.78 is 4.51. The van der Waals surface area contributed by atoms with Gasteiger partial charge in [0, 0.05) is 5.56 Å². The summed E-state index contributed by atoms with van der Waals surface area (Å²) in [6, 6.07) is 5.80. The Bertz CT molecular complexity index is 427. The maximum Gasteiger partial charge on any atom is 0.315 e. The smallest absolute Gasteiger partial charge is 0.315 e. The Labute approximate surface area is 106 Å². The SMILES string of the molecule is COC(=O)CSCC(=O)c1cc(C)ccc1C. The van der Waals surface area contributed by atoms with E-state index in [0.717, 1.165) is 16.7 Å². The molecule has 0 fully saturated rings. The number of ether oxygens (including phenoxy) is 1. The van der Waals surface area contributed by atoms with E-state index in [9.17, 15) is 9.59 Å². The van der Waals surface area contributed by atoms with E-state index in [-0.39, 0.29) is 17.5 Å². The molecule has 17 heavy (non-hydrogen) atoms. The predicted octanol–water partition coefficient (Wildman–Crippen LogP) is 2.39. The predicted molar refractivity (Wildman–Crippen MR) is 69.6 cm³/mol. The Morgan fingerprint density at radius 3 is 2.59 bits per heavy atom. The van der Waals surface area contributed by atoms with E-state index >= 15 is 0 Å². The second-order valence-electron chi connectivity index (χ2n) is 3.81. The average molecular weight is 252 g/mol. The lowest BCUT2D eigenvalue weighted by Crippen LogP contribution is -2.09. The molecule has 0 saturated heterocycles. The van der Waals surface area contributed by atoms with E-state index in [4.69, 9.17) is 0 Å². The van der Waals surface area contributed by atoms with Crippen molar-refractivity contribution in [3.05, 3.63) is 34.9 Å². The number of Topliss-reactive ketones (excluding diaryl/α,β-unsaturated/α-hetero) is 1. The fraction of sp³-hybridized carbons (Fsp3) is 0.385. The highest BCUT2D eigenvalue weighted by atomic mass is 32.2. The molecule has 0 aliphatic carbocycles. The zero-order chi connectivity index (χ0) is 12.8. The van der Waals surface area contributed by atoms with Gasteiger partial charge in [-0.1, -0.05) is 17.7 Å². The van der Waals surface area contributed by atoms with Crippen molar-refractivity contribution in [2.45, 2.75) is 13.8 Å². The van der Waals surface area contributed by atoms with Gasteiger partial charge in [0.2, 0.25) is 0 Å². The highest BCUT2D eigenvalue weighted by Crippen LogP contribution is 2.14. The summed E-state index contributed by atoms with van der Waals surface area (Å²) in [5.74, 6) is 0.274. The number of thioether (sulfide) groups is 1. The van der Waals surface area contributed by atoms with Crippen molar-refractivity contribution in [3.63, 3.8) is 0 Å². The summed E-state index contributed by atoms with van der Waals surface area (Å²) in [4.78, 5) is 22.8. The van der Waals surface area contributed by atoms with Crippen molar-refractivity contribution < 1.29 is 14.3 Å². The minimum atomic E-state index is -0.302. The molecule has 0 saturated carbocycles. The van der Waals surface area contributed by atoms with Crippen molar-refractivity contribution in [1.29, 1.82) is 0 Å². The monoisotopic (exact) mass is 252 g/mol. The minimum Gasteiger partial charge on any atom is -0.468 e. The lowest BCUT2D eigenvalue weighted by atomic mass is 10.0. The normalized spacial score (nSPS) is 10.1. The number of carbonyl (C=O) groups excluding carboxylic acids is 2. The van der Waals surface area contributed by atoms with Crippen LogP contribution in [0, 0.1) is 13.8 Å². The number of benzene rings is 1. The number of methoxy groups -OCH3 is 1. The minimum absolute atomic E-state index is 0.0557. The van der Waals surface area contributed by atoms with Crippen LogP contribution in [0.1, 0.15) is 21.5 Å². The van der Waals surface area contributed by atoms with Gasteiger partial charge in [0.25, 0.3) is 0 Å². The molecule has 4 heteroatoms. The van der Waals surface area contributed by atoms with Gasteiger partial charge in [0.15, 0.2) is 5.78 Å². The Morgan fingerprint density at radius 2 is 1.94 bits per heavy atom. The van der Waals surface area contributed by atoms with Crippen molar-refractivity contribution in [1.82, 2.24) is 0 Å². The topological polar surface area (TPSA) is 43.4 Å². The van der Waals surface area contributed by atoms with Crippen LogP contribution in [0.5, 0.6) is 0 Å². The van der Waals surface area contributed by atoms with Crippen molar-refractivity contribution in [3.8, 4) is 0 Å². The zero-order valence-corrected chi connectivity index (χ0v) is 11.1. The second-order valence-corrected chi connectivity index (χ2v) is 4.80. The molecule has 0 N–H and O–H groups in total. The first-order chi connectivity index (χ1) is 8.04. The summed E-state index contributed by atoms with van der Waals surface area (Å²) in [6.07, 6.45) is 0. The van der Waals surface area contributed by atoms with E-state index in [0.29, 0.717) is 5.75 Å². The Hall–Kier alpha value is -1.29. The number of ketones is 1. The van der Waals surface area contributed by atoms with Crippen LogP contribution in [0.4, 0.5) is 0 Å². The van der Waals surface area contributed by atoms with Crippen LogP contribution in [0.3, 0.4) is 0 Å². The van der Waals surface area contributed by atoms with E-state index < -0.39 is 0 Å². The molecule has 0 spiro atoms. The van der Waals surface area contributed by atoms with Gasteiger partial charge in [-0.05, 0) is 25.5 Å². The second kappa shape index (κ2) is 6.45. The first kappa shape index (κ1) is 13.8. The van der Waals surface area contributed by atoms with Gasteiger partial charge < -0.3 is 4.74 Å². The molecule has 1 rings (SSSR count). The lowest BCUT2D eigenvalue weighted by molar-refractivity contribution is -0.137. The maximum absolute atomic E-state index is 11.9. The van der Waals surface area contributed by atoms with Crippen LogP contribution in [0.15, 0.2) is 18.2 Å². The van der Waals surface area contributed by atoms with Gasteiger partial charge in [-0.3, -0.25) is 9.59 Å². The third kappa shape index (κ3) is 4.23. The van der Waals surface area contributed by atoms with Gasteiger partial charge in [-0.25, -0.2) is 0 Å². The molecule has 0 atom stereocenters. The van der Waals surface area contributed by atoms with Crippen LogP contribution in [0.2, 0.25) is 0 Å². The molecule has 0 radical (unpaired) electrons. The highest BCUT2D eigenvalue weighted by molar-refractivity contribution is 8.00. The standard InChI is InChI=1S/C13H16O3S/c1-9-4-5-10(2)11(6-9)12(14)7-17-8-13(15)16-3/h4-6H,7-8H2,1-3H3. The molecule has 0 heterocycles. The van der Waals surface area contributed by atoms with Gasteiger partial charge in [0.1, 0.15) is 0 Å². The van der Waals surface area contributed by atoms with Gasteiger partial charge >= 0.3 is 5.97 Å². The third-order valence-electron chi connectivity index (χ3n) is 2.37. The first-order valence-corrected chi connectivity index (χ1v) is 6.45. The maximum atomic E-state index is 11.9. The molecule has 0 aliphatic rings. The van der Waals surface area contributed by atoms with Crippen LogP contribution in [0.25, 0.3) is 0 Å². The van der Waals surface area contributed by atoms with Crippen LogP contribution in [-0.4, -0.2) is 30.4 Å². The quantitative estimate of drug-likeness (QED) is 0.596. The summed E-state index contributed by atoms with van der Waals surface area (Å²) in [5.41, 5.74) is 2.78. The number of hydrogen-bond donors (Lipinski definition) is 0. The first-order valence-electron chi connectivity index (χ1n) is 5.29. The molecular weight excluding hydrogens is 236 g/mol. The Kier molecular flexibility index (Phi) is 5.22. The summed E-state index contributed by atoms with van der Waals surface area (Å²) in [7, 11) is 1.34. The third-order valence-corrected chi connectivity index (χ3v) is 3.28. The molecule has 0 aliphatic heterocycles. The number of esters is 1. The summed E-state index contributed by atoms with van der Waals surface area (Å²) >= 11 is 1.28. The molecule has 1 aromatic rings. The molecule has 0 unspecified atom stereocenters. The largest absolute Gasteiger partial charge is 0.468 e. The Morgan fingerprint density at radius 1 is 1.24 bits per heavy atom. The molecule has 0 bridgehead atoms. The highest BCUT2D eigenvalue weighted by Gasteiger charge is 2.10. The summed E-state index contributed by atoms with van der Waals surface area (Å²) in [6.45, 7) is 3.87. The Balaban J connectivity index is 2.58. The zero-order valence-electron chi connectivity index (χ0n) is 10.3.